The van der Waals surface area contributed by atoms with Crippen LogP contribution in [0.5, 0.6) is 11.5 Å². The van der Waals surface area contributed by atoms with E-state index in [4.69, 9.17) is 16.3 Å². The predicted molar refractivity (Wildman–Crippen MR) is 92.3 cm³/mol. The minimum Gasteiger partial charge on any atom is -0.456 e. The van der Waals surface area contributed by atoms with E-state index in [1.807, 2.05) is 0 Å². The Labute approximate surface area is 144 Å². The van der Waals surface area contributed by atoms with Crippen molar-refractivity contribution in [1.29, 1.82) is 0 Å². The number of amides is 1. The van der Waals surface area contributed by atoms with Crippen LogP contribution in [0.2, 0.25) is 5.02 Å². The van der Waals surface area contributed by atoms with Gasteiger partial charge in [0.2, 0.25) is 5.91 Å². The summed E-state index contributed by atoms with van der Waals surface area (Å²) >= 11 is 6.22. The maximum atomic E-state index is 12.1. The Hall–Kier alpha value is -2.92. The number of halogens is 1. The summed E-state index contributed by atoms with van der Waals surface area (Å²) in [6.07, 6.45) is 6.86. The fraction of sp³-hybridized carbons (Fsp3) is 0.0556. The zero-order valence-electron chi connectivity index (χ0n) is 12.6. The predicted octanol–water partition coefficient (Wildman–Crippen LogP) is 4.10. The van der Waals surface area contributed by atoms with Gasteiger partial charge in [0.15, 0.2) is 0 Å². The van der Waals surface area contributed by atoms with Crippen molar-refractivity contribution in [3.05, 3.63) is 77.8 Å². The minimum atomic E-state index is -0.125. The van der Waals surface area contributed by atoms with E-state index in [0.29, 0.717) is 22.2 Å². The van der Waals surface area contributed by atoms with E-state index in [1.54, 1.807) is 67.3 Å². The van der Waals surface area contributed by atoms with Gasteiger partial charge >= 0.3 is 0 Å². The zero-order valence-corrected chi connectivity index (χ0v) is 13.4. The van der Waals surface area contributed by atoms with E-state index in [1.165, 1.54) is 0 Å². The van der Waals surface area contributed by atoms with Gasteiger partial charge in [-0.2, -0.15) is 0 Å². The van der Waals surface area contributed by atoms with Gasteiger partial charge in [-0.15, -0.1) is 0 Å². The molecule has 0 aliphatic heterocycles. The van der Waals surface area contributed by atoms with Crippen LogP contribution in [0.1, 0.15) is 5.56 Å². The van der Waals surface area contributed by atoms with Crippen LogP contribution in [-0.4, -0.2) is 15.9 Å². The molecule has 0 atom stereocenters. The first-order valence-electron chi connectivity index (χ1n) is 7.27. The van der Waals surface area contributed by atoms with Crippen LogP contribution in [-0.2, 0) is 11.2 Å². The van der Waals surface area contributed by atoms with Crippen molar-refractivity contribution in [2.45, 2.75) is 6.42 Å². The first kappa shape index (κ1) is 16.0. The van der Waals surface area contributed by atoms with Gasteiger partial charge in [-0.05, 0) is 48.0 Å². The second-order valence-electron chi connectivity index (χ2n) is 5.01. The first-order chi connectivity index (χ1) is 11.7. The van der Waals surface area contributed by atoms with Crippen molar-refractivity contribution in [2.75, 3.05) is 5.32 Å². The molecule has 3 rings (SSSR count). The zero-order chi connectivity index (χ0) is 16.8. The van der Waals surface area contributed by atoms with E-state index < -0.39 is 0 Å². The highest BCUT2D eigenvalue weighted by atomic mass is 35.5. The summed E-state index contributed by atoms with van der Waals surface area (Å²) in [7, 11) is 0. The van der Waals surface area contributed by atoms with E-state index in [-0.39, 0.29) is 12.3 Å². The summed E-state index contributed by atoms with van der Waals surface area (Å²) in [5, 5.41) is 3.22. The largest absolute Gasteiger partial charge is 0.456 e. The summed E-state index contributed by atoms with van der Waals surface area (Å²) in [5.41, 5.74) is 1.51. The molecule has 6 heteroatoms. The fourth-order valence-electron chi connectivity index (χ4n) is 2.09. The van der Waals surface area contributed by atoms with Crippen LogP contribution in [0, 0.1) is 0 Å². The topological polar surface area (TPSA) is 64.1 Å². The van der Waals surface area contributed by atoms with Crippen LogP contribution in [0.3, 0.4) is 0 Å². The minimum absolute atomic E-state index is 0.125. The second-order valence-corrected chi connectivity index (χ2v) is 5.42. The normalized spacial score (nSPS) is 10.2. The molecule has 0 radical (unpaired) electrons. The molecule has 5 nitrogen and oxygen atoms in total. The highest BCUT2D eigenvalue weighted by Gasteiger charge is 2.08. The Morgan fingerprint density at radius 2 is 1.67 bits per heavy atom. The molecule has 24 heavy (non-hydrogen) atoms. The average Bonchev–Trinajstić information content (AvgIpc) is 2.59. The molecule has 0 bridgehead atoms. The summed E-state index contributed by atoms with van der Waals surface area (Å²) in [6, 6.07) is 12.2. The van der Waals surface area contributed by atoms with Gasteiger partial charge in [-0.1, -0.05) is 11.6 Å². The summed E-state index contributed by atoms with van der Waals surface area (Å²) in [4.78, 5) is 19.9. The maximum Gasteiger partial charge on any atom is 0.228 e. The molecule has 1 amide bonds. The van der Waals surface area contributed by atoms with Crippen molar-refractivity contribution < 1.29 is 9.53 Å². The summed E-state index contributed by atoms with van der Waals surface area (Å²) in [5.74, 6) is 1.02. The lowest BCUT2D eigenvalue weighted by Crippen LogP contribution is -2.14. The third kappa shape index (κ3) is 4.30. The number of rotatable bonds is 5. The van der Waals surface area contributed by atoms with Gasteiger partial charge in [-0.25, -0.2) is 0 Å². The molecule has 0 aliphatic carbocycles. The Kier molecular flexibility index (Phi) is 5.03. The third-order valence-electron chi connectivity index (χ3n) is 3.21. The standard InChI is InChI=1S/C18H14ClN3O2/c19-16-12-14(22-18(23)11-13-3-7-20-8-4-13)1-2-17(16)24-15-5-9-21-10-6-15/h1-10,12H,11H2,(H,22,23). The summed E-state index contributed by atoms with van der Waals surface area (Å²) in [6.45, 7) is 0. The van der Waals surface area contributed by atoms with E-state index in [2.05, 4.69) is 15.3 Å². The smallest absolute Gasteiger partial charge is 0.228 e. The highest BCUT2D eigenvalue weighted by molar-refractivity contribution is 6.32. The molecule has 2 aromatic heterocycles. The molecule has 1 aromatic carbocycles. The summed E-state index contributed by atoms with van der Waals surface area (Å²) < 4.78 is 5.67. The van der Waals surface area contributed by atoms with E-state index >= 15 is 0 Å². The van der Waals surface area contributed by atoms with Crippen LogP contribution >= 0.6 is 11.6 Å². The molecule has 0 aliphatic rings. The lowest BCUT2D eigenvalue weighted by Gasteiger charge is -2.10. The van der Waals surface area contributed by atoms with Crippen molar-refractivity contribution in [1.82, 2.24) is 9.97 Å². The van der Waals surface area contributed by atoms with Crippen LogP contribution < -0.4 is 10.1 Å². The maximum absolute atomic E-state index is 12.1. The van der Waals surface area contributed by atoms with Crippen molar-refractivity contribution in [2.24, 2.45) is 0 Å². The highest BCUT2D eigenvalue weighted by Crippen LogP contribution is 2.31. The quantitative estimate of drug-likeness (QED) is 0.760. The number of pyridine rings is 2. The molecule has 0 unspecified atom stereocenters. The van der Waals surface area contributed by atoms with Crippen LogP contribution in [0.4, 0.5) is 5.69 Å². The Morgan fingerprint density at radius 3 is 2.33 bits per heavy atom. The van der Waals surface area contributed by atoms with Gasteiger partial charge in [0.1, 0.15) is 11.5 Å². The lowest BCUT2D eigenvalue weighted by atomic mass is 10.2. The van der Waals surface area contributed by atoms with Crippen molar-refractivity contribution in [3.63, 3.8) is 0 Å². The molecule has 0 fully saturated rings. The fourth-order valence-corrected chi connectivity index (χ4v) is 2.30. The van der Waals surface area contributed by atoms with Gasteiger partial charge in [-0.3, -0.25) is 14.8 Å². The number of carbonyl (C=O) groups excluding carboxylic acids is 1. The second kappa shape index (κ2) is 7.57. The number of hydrogen-bond acceptors (Lipinski definition) is 4. The molecule has 2 heterocycles. The number of benzene rings is 1. The van der Waals surface area contributed by atoms with Crippen molar-refractivity contribution >= 4 is 23.2 Å². The Morgan fingerprint density at radius 1 is 1.00 bits per heavy atom. The molecular weight excluding hydrogens is 326 g/mol. The average molecular weight is 340 g/mol. The van der Waals surface area contributed by atoms with E-state index in [0.717, 1.165) is 5.56 Å². The number of aromatic nitrogens is 2. The number of carbonyl (C=O) groups is 1. The number of ether oxygens (including phenoxy) is 1. The molecule has 120 valence electrons. The van der Waals surface area contributed by atoms with Gasteiger partial charge < -0.3 is 10.1 Å². The Bertz CT molecular complexity index is 826. The van der Waals surface area contributed by atoms with Gasteiger partial charge in [0.05, 0.1) is 11.4 Å². The van der Waals surface area contributed by atoms with Crippen LogP contribution in [0.25, 0.3) is 0 Å². The van der Waals surface area contributed by atoms with Gasteiger partial charge in [0.25, 0.3) is 0 Å². The molecule has 1 N–H and O–H groups in total. The van der Waals surface area contributed by atoms with Gasteiger partial charge in [0, 0.05) is 30.5 Å². The monoisotopic (exact) mass is 339 g/mol. The number of hydrogen-bond donors (Lipinski definition) is 1. The SMILES string of the molecule is O=C(Cc1ccncc1)Nc1ccc(Oc2ccncc2)c(Cl)c1. The molecular formula is C18H14ClN3O2. The Balaban J connectivity index is 1.65. The lowest BCUT2D eigenvalue weighted by molar-refractivity contribution is -0.115. The molecule has 0 saturated carbocycles. The molecule has 0 saturated heterocycles. The number of nitrogens with zero attached hydrogens (tertiary/aromatic N) is 2. The molecule has 3 aromatic rings. The number of anilines is 1. The van der Waals surface area contributed by atoms with E-state index in [9.17, 15) is 4.79 Å². The van der Waals surface area contributed by atoms with Crippen molar-refractivity contribution in [3.8, 4) is 11.5 Å². The molecule has 0 spiro atoms. The third-order valence-corrected chi connectivity index (χ3v) is 3.50. The number of nitrogens with one attached hydrogen (secondary N) is 1. The first-order valence-corrected chi connectivity index (χ1v) is 7.65. The van der Waals surface area contributed by atoms with Crippen LogP contribution in [0.15, 0.2) is 67.3 Å².